The molecule has 1 aliphatic rings. The summed E-state index contributed by atoms with van der Waals surface area (Å²) in [6.07, 6.45) is 7.05. The van der Waals surface area contributed by atoms with Gasteiger partial charge in [0.25, 0.3) is 0 Å². The Hall–Kier alpha value is -1.29. The first kappa shape index (κ1) is 12.2. The standard InChI is InChI=1S/C13H21N3O/c1-14-13-9-10(7-8-15-13)16-11-5-3-2-4-6-12(11)17/h7-9,11-12,17H,2-6H2,1H3,(H2,14,15,16). The van der Waals surface area contributed by atoms with E-state index in [0.29, 0.717) is 0 Å². The summed E-state index contributed by atoms with van der Waals surface area (Å²) in [5, 5.41) is 16.5. The van der Waals surface area contributed by atoms with Crippen LogP contribution in [-0.4, -0.2) is 29.3 Å². The number of rotatable bonds is 3. The lowest BCUT2D eigenvalue weighted by atomic mass is 10.1. The van der Waals surface area contributed by atoms with Crippen LogP contribution in [0.3, 0.4) is 0 Å². The zero-order chi connectivity index (χ0) is 12.1. The van der Waals surface area contributed by atoms with Crippen LogP contribution in [0.5, 0.6) is 0 Å². The molecule has 1 saturated carbocycles. The van der Waals surface area contributed by atoms with E-state index in [0.717, 1.165) is 30.8 Å². The van der Waals surface area contributed by atoms with Crippen molar-refractivity contribution in [1.29, 1.82) is 0 Å². The van der Waals surface area contributed by atoms with Crippen LogP contribution >= 0.6 is 0 Å². The summed E-state index contributed by atoms with van der Waals surface area (Å²) < 4.78 is 0. The van der Waals surface area contributed by atoms with E-state index in [4.69, 9.17) is 0 Å². The minimum Gasteiger partial charge on any atom is -0.391 e. The van der Waals surface area contributed by atoms with Crippen molar-refractivity contribution >= 4 is 11.5 Å². The summed E-state index contributed by atoms with van der Waals surface area (Å²) in [7, 11) is 1.85. The third-order valence-electron chi connectivity index (χ3n) is 3.35. The van der Waals surface area contributed by atoms with Crippen LogP contribution in [0.4, 0.5) is 11.5 Å². The Morgan fingerprint density at radius 1 is 1.29 bits per heavy atom. The molecule has 2 rings (SSSR count). The molecule has 1 aromatic rings. The average molecular weight is 235 g/mol. The third kappa shape index (κ3) is 3.33. The van der Waals surface area contributed by atoms with Crippen LogP contribution < -0.4 is 10.6 Å². The normalized spacial score (nSPS) is 25.1. The Kier molecular flexibility index (Phi) is 4.20. The number of nitrogens with zero attached hydrogens (tertiary/aromatic N) is 1. The summed E-state index contributed by atoms with van der Waals surface area (Å²) in [6.45, 7) is 0. The smallest absolute Gasteiger partial charge is 0.127 e. The molecule has 2 unspecified atom stereocenters. The van der Waals surface area contributed by atoms with Gasteiger partial charge in [0, 0.05) is 25.0 Å². The predicted molar refractivity (Wildman–Crippen MR) is 70.3 cm³/mol. The minimum absolute atomic E-state index is 0.171. The van der Waals surface area contributed by atoms with Crippen molar-refractivity contribution in [2.24, 2.45) is 0 Å². The summed E-state index contributed by atoms with van der Waals surface area (Å²) in [5.74, 6) is 0.845. The van der Waals surface area contributed by atoms with Gasteiger partial charge in [0.15, 0.2) is 0 Å². The summed E-state index contributed by atoms with van der Waals surface area (Å²) in [4.78, 5) is 4.17. The first-order valence-electron chi connectivity index (χ1n) is 6.38. The highest BCUT2D eigenvalue weighted by Crippen LogP contribution is 2.22. The van der Waals surface area contributed by atoms with Crippen LogP contribution in [0.2, 0.25) is 0 Å². The van der Waals surface area contributed by atoms with Gasteiger partial charge in [0.1, 0.15) is 5.82 Å². The first-order valence-corrected chi connectivity index (χ1v) is 6.38. The molecule has 0 saturated heterocycles. The Morgan fingerprint density at radius 3 is 2.94 bits per heavy atom. The molecule has 94 valence electrons. The SMILES string of the molecule is CNc1cc(NC2CCCCCC2O)ccn1. The minimum atomic E-state index is -0.233. The van der Waals surface area contributed by atoms with Crippen LogP contribution in [0, 0.1) is 0 Å². The molecule has 17 heavy (non-hydrogen) atoms. The van der Waals surface area contributed by atoms with Crippen molar-refractivity contribution in [2.45, 2.75) is 44.2 Å². The fourth-order valence-electron chi connectivity index (χ4n) is 2.33. The van der Waals surface area contributed by atoms with Crippen molar-refractivity contribution in [2.75, 3.05) is 17.7 Å². The maximum Gasteiger partial charge on any atom is 0.127 e. The molecule has 4 nitrogen and oxygen atoms in total. The zero-order valence-electron chi connectivity index (χ0n) is 10.3. The molecule has 1 aromatic heterocycles. The number of hydrogen-bond acceptors (Lipinski definition) is 4. The fraction of sp³-hybridized carbons (Fsp3) is 0.615. The van der Waals surface area contributed by atoms with Crippen LogP contribution in [0.1, 0.15) is 32.1 Å². The molecule has 0 aromatic carbocycles. The maximum atomic E-state index is 10.0. The molecule has 0 amide bonds. The molecule has 0 spiro atoms. The van der Waals surface area contributed by atoms with E-state index in [-0.39, 0.29) is 12.1 Å². The van der Waals surface area contributed by atoms with Gasteiger partial charge in [0.2, 0.25) is 0 Å². The van der Waals surface area contributed by atoms with Crippen molar-refractivity contribution < 1.29 is 5.11 Å². The largest absolute Gasteiger partial charge is 0.391 e. The summed E-state index contributed by atoms with van der Waals surface area (Å²) in [5.41, 5.74) is 1.02. The number of aliphatic hydroxyl groups excluding tert-OH is 1. The highest BCUT2D eigenvalue weighted by atomic mass is 16.3. The molecule has 2 atom stereocenters. The second-order valence-corrected chi connectivity index (χ2v) is 4.64. The molecule has 1 heterocycles. The van der Waals surface area contributed by atoms with Gasteiger partial charge in [-0.2, -0.15) is 0 Å². The van der Waals surface area contributed by atoms with Crippen molar-refractivity contribution in [3.8, 4) is 0 Å². The Balaban J connectivity index is 2.02. The van der Waals surface area contributed by atoms with Crippen LogP contribution in [0.25, 0.3) is 0 Å². The molecule has 0 radical (unpaired) electrons. The molecule has 0 aliphatic heterocycles. The molecule has 4 heteroatoms. The van der Waals surface area contributed by atoms with Gasteiger partial charge < -0.3 is 15.7 Å². The quantitative estimate of drug-likeness (QED) is 0.703. The van der Waals surface area contributed by atoms with E-state index in [1.54, 1.807) is 6.20 Å². The van der Waals surface area contributed by atoms with Gasteiger partial charge >= 0.3 is 0 Å². The Bertz CT molecular complexity index is 356. The molecular formula is C13H21N3O. The van der Waals surface area contributed by atoms with Gasteiger partial charge in [-0.3, -0.25) is 0 Å². The van der Waals surface area contributed by atoms with Crippen LogP contribution in [-0.2, 0) is 0 Å². The number of aliphatic hydroxyl groups is 1. The number of anilines is 2. The number of nitrogens with one attached hydrogen (secondary N) is 2. The van der Waals surface area contributed by atoms with Gasteiger partial charge in [-0.15, -0.1) is 0 Å². The average Bonchev–Trinajstić information content (AvgIpc) is 2.55. The zero-order valence-corrected chi connectivity index (χ0v) is 10.3. The van der Waals surface area contributed by atoms with E-state index in [1.807, 2.05) is 19.2 Å². The second kappa shape index (κ2) is 5.87. The van der Waals surface area contributed by atoms with Crippen LogP contribution in [0.15, 0.2) is 18.3 Å². The molecular weight excluding hydrogens is 214 g/mol. The molecule has 0 bridgehead atoms. The first-order chi connectivity index (χ1) is 8.29. The summed E-state index contributed by atoms with van der Waals surface area (Å²) in [6, 6.07) is 4.08. The predicted octanol–water partition coefficient (Wildman–Crippen LogP) is 2.23. The Morgan fingerprint density at radius 2 is 2.12 bits per heavy atom. The highest BCUT2D eigenvalue weighted by Gasteiger charge is 2.21. The molecule has 1 fully saturated rings. The fourth-order valence-corrected chi connectivity index (χ4v) is 2.33. The monoisotopic (exact) mass is 235 g/mol. The van der Waals surface area contributed by atoms with Gasteiger partial charge in [-0.1, -0.05) is 19.3 Å². The van der Waals surface area contributed by atoms with Crippen molar-refractivity contribution in [3.63, 3.8) is 0 Å². The number of pyridine rings is 1. The van der Waals surface area contributed by atoms with Crippen molar-refractivity contribution in [1.82, 2.24) is 4.98 Å². The van der Waals surface area contributed by atoms with E-state index in [1.165, 1.54) is 12.8 Å². The lowest BCUT2D eigenvalue weighted by Crippen LogP contribution is -2.32. The highest BCUT2D eigenvalue weighted by molar-refractivity contribution is 5.52. The van der Waals surface area contributed by atoms with Crippen molar-refractivity contribution in [3.05, 3.63) is 18.3 Å². The van der Waals surface area contributed by atoms with E-state index in [2.05, 4.69) is 15.6 Å². The van der Waals surface area contributed by atoms with E-state index < -0.39 is 0 Å². The lowest BCUT2D eigenvalue weighted by molar-refractivity contribution is 0.144. The number of aromatic nitrogens is 1. The van der Waals surface area contributed by atoms with Gasteiger partial charge in [-0.25, -0.2) is 4.98 Å². The number of hydrogen-bond donors (Lipinski definition) is 3. The molecule has 1 aliphatic carbocycles. The van der Waals surface area contributed by atoms with Gasteiger partial charge in [0.05, 0.1) is 12.1 Å². The maximum absolute atomic E-state index is 10.0. The second-order valence-electron chi connectivity index (χ2n) is 4.64. The van der Waals surface area contributed by atoms with Gasteiger partial charge in [-0.05, 0) is 18.9 Å². The van der Waals surface area contributed by atoms with E-state index in [9.17, 15) is 5.11 Å². The Labute approximate surface area is 102 Å². The topological polar surface area (TPSA) is 57.2 Å². The lowest BCUT2D eigenvalue weighted by Gasteiger charge is -2.23. The molecule has 3 N–H and O–H groups in total. The summed E-state index contributed by atoms with van der Waals surface area (Å²) >= 11 is 0. The van der Waals surface area contributed by atoms with E-state index >= 15 is 0 Å². The third-order valence-corrected chi connectivity index (χ3v) is 3.35.